The maximum Gasteiger partial charge on any atom is 0.272 e. The Hall–Kier alpha value is -2.04. The van der Waals surface area contributed by atoms with Gasteiger partial charge in [-0.2, -0.15) is 5.10 Å². The highest BCUT2D eigenvalue weighted by Crippen LogP contribution is 2.38. The monoisotopic (exact) mass is 313 g/mol. The lowest BCUT2D eigenvalue weighted by Crippen LogP contribution is -2.47. The van der Waals surface area contributed by atoms with Crippen LogP contribution in [0.2, 0.25) is 0 Å². The van der Waals surface area contributed by atoms with E-state index < -0.39 is 0 Å². The topological polar surface area (TPSA) is 70.9 Å². The van der Waals surface area contributed by atoms with E-state index in [-0.39, 0.29) is 5.91 Å². The molecular formula is C18H23N3O2. The SMILES string of the molecule is O=C(NC(C1CCCC1)C1CCC1)c1cc(-c2ccco2)[nH]n1. The van der Waals surface area contributed by atoms with Gasteiger partial charge in [-0.3, -0.25) is 9.89 Å². The summed E-state index contributed by atoms with van der Waals surface area (Å²) < 4.78 is 5.34. The summed E-state index contributed by atoms with van der Waals surface area (Å²) in [5, 5.41) is 10.3. The molecular weight excluding hydrogens is 290 g/mol. The molecule has 0 radical (unpaired) electrons. The minimum atomic E-state index is -0.0668. The lowest BCUT2D eigenvalue weighted by atomic mass is 9.74. The molecule has 2 aliphatic carbocycles. The van der Waals surface area contributed by atoms with E-state index in [1.165, 1.54) is 44.9 Å². The summed E-state index contributed by atoms with van der Waals surface area (Å²) in [4.78, 5) is 12.6. The fourth-order valence-corrected chi connectivity index (χ4v) is 3.96. The molecule has 5 heteroatoms. The Morgan fingerprint density at radius 3 is 2.57 bits per heavy atom. The van der Waals surface area contributed by atoms with Crippen LogP contribution >= 0.6 is 0 Å². The third-order valence-electron chi connectivity index (χ3n) is 5.46. The van der Waals surface area contributed by atoms with Crippen molar-refractivity contribution in [2.75, 3.05) is 0 Å². The fourth-order valence-electron chi connectivity index (χ4n) is 3.96. The molecule has 2 aromatic rings. The van der Waals surface area contributed by atoms with E-state index in [4.69, 9.17) is 4.42 Å². The van der Waals surface area contributed by atoms with Crippen molar-refractivity contribution in [3.8, 4) is 11.5 Å². The van der Waals surface area contributed by atoms with Crippen LogP contribution in [0.4, 0.5) is 0 Å². The summed E-state index contributed by atoms with van der Waals surface area (Å²) in [6.45, 7) is 0. The summed E-state index contributed by atoms with van der Waals surface area (Å²) in [7, 11) is 0. The number of H-pyrrole nitrogens is 1. The van der Waals surface area contributed by atoms with Gasteiger partial charge in [-0.1, -0.05) is 19.3 Å². The first-order valence-corrected chi connectivity index (χ1v) is 8.71. The van der Waals surface area contributed by atoms with Crippen molar-refractivity contribution in [1.29, 1.82) is 0 Å². The molecule has 23 heavy (non-hydrogen) atoms. The van der Waals surface area contributed by atoms with Gasteiger partial charge in [0.05, 0.1) is 6.26 Å². The molecule has 5 nitrogen and oxygen atoms in total. The van der Waals surface area contributed by atoms with Gasteiger partial charge in [0.1, 0.15) is 5.69 Å². The summed E-state index contributed by atoms with van der Waals surface area (Å²) in [5.41, 5.74) is 1.18. The van der Waals surface area contributed by atoms with Gasteiger partial charge in [0.15, 0.2) is 11.5 Å². The van der Waals surface area contributed by atoms with Crippen molar-refractivity contribution in [3.63, 3.8) is 0 Å². The predicted molar refractivity (Wildman–Crippen MR) is 86.8 cm³/mol. The van der Waals surface area contributed by atoms with Crippen molar-refractivity contribution in [1.82, 2.24) is 15.5 Å². The molecule has 1 unspecified atom stereocenters. The number of nitrogens with zero attached hydrogens (tertiary/aromatic N) is 1. The van der Waals surface area contributed by atoms with Gasteiger partial charge in [-0.05, 0) is 49.7 Å². The lowest BCUT2D eigenvalue weighted by molar-refractivity contribution is 0.0855. The van der Waals surface area contributed by atoms with E-state index in [1.54, 1.807) is 12.3 Å². The zero-order valence-electron chi connectivity index (χ0n) is 13.3. The van der Waals surface area contributed by atoms with E-state index in [9.17, 15) is 4.79 Å². The number of nitrogens with one attached hydrogen (secondary N) is 2. The molecule has 2 heterocycles. The average molecular weight is 313 g/mol. The van der Waals surface area contributed by atoms with E-state index in [0.717, 1.165) is 5.69 Å². The third-order valence-corrected chi connectivity index (χ3v) is 5.46. The summed E-state index contributed by atoms with van der Waals surface area (Å²) in [6.07, 6.45) is 10.5. The van der Waals surface area contributed by atoms with Crippen LogP contribution in [0.3, 0.4) is 0 Å². The van der Waals surface area contributed by atoms with Crippen molar-refractivity contribution >= 4 is 5.91 Å². The predicted octanol–water partition coefficient (Wildman–Crippen LogP) is 3.76. The van der Waals surface area contributed by atoms with Crippen molar-refractivity contribution in [2.24, 2.45) is 11.8 Å². The van der Waals surface area contributed by atoms with Crippen LogP contribution in [-0.2, 0) is 0 Å². The number of carbonyl (C=O) groups excluding carboxylic acids is 1. The van der Waals surface area contributed by atoms with E-state index in [1.807, 2.05) is 12.1 Å². The van der Waals surface area contributed by atoms with Crippen LogP contribution in [0.25, 0.3) is 11.5 Å². The van der Waals surface area contributed by atoms with Crippen LogP contribution < -0.4 is 5.32 Å². The van der Waals surface area contributed by atoms with Gasteiger partial charge in [-0.15, -0.1) is 0 Å². The van der Waals surface area contributed by atoms with Crippen molar-refractivity contribution in [2.45, 2.75) is 51.0 Å². The van der Waals surface area contributed by atoms with E-state index in [0.29, 0.717) is 29.3 Å². The summed E-state index contributed by atoms with van der Waals surface area (Å²) in [6, 6.07) is 5.76. The molecule has 4 rings (SSSR count). The quantitative estimate of drug-likeness (QED) is 0.883. The Balaban J connectivity index is 1.47. The Kier molecular flexibility index (Phi) is 3.93. The van der Waals surface area contributed by atoms with Gasteiger partial charge in [0, 0.05) is 12.1 Å². The second-order valence-corrected chi connectivity index (χ2v) is 6.88. The molecule has 0 bridgehead atoms. The maximum atomic E-state index is 12.6. The molecule has 0 saturated heterocycles. The highest BCUT2D eigenvalue weighted by Gasteiger charge is 2.36. The first-order valence-electron chi connectivity index (χ1n) is 8.71. The molecule has 2 aliphatic rings. The molecule has 1 amide bonds. The minimum absolute atomic E-state index is 0.0668. The standard InChI is InChI=1S/C18H23N3O2/c22-18(15-11-14(20-21-15)16-9-4-10-23-16)19-17(13-7-3-8-13)12-5-1-2-6-12/h4,9-13,17H,1-3,5-8H2,(H,19,22)(H,20,21). The molecule has 2 fully saturated rings. The second-order valence-electron chi connectivity index (χ2n) is 6.88. The van der Waals surface area contributed by atoms with E-state index >= 15 is 0 Å². The molecule has 122 valence electrons. The zero-order chi connectivity index (χ0) is 15.6. The Morgan fingerprint density at radius 2 is 1.96 bits per heavy atom. The largest absolute Gasteiger partial charge is 0.463 e. The maximum absolute atomic E-state index is 12.6. The van der Waals surface area contributed by atoms with Gasteiger partial charge in [-0.25, -0.2) is 0 Å². The number of aromatic nitrogens is 2. The Bertz CT molecular complexity index is 652. The number of amides is 1. The normalized spacial score (nSPS) is 20.3. The Morgan fingerprint density at radius 1 is 1.22 bits per heavy atom. The molecule has 2 N–H and O–H groups in total. The van der Waals surface area contributed by atoms with Gasteiger partial charge < -0.3 is 9.73 Å². The summed E-state index contributed by atoms with van der Waals surface area (Å²) in [5.74, 6) is 1.93. The first-order chi connectivity index (χ1) is 11.3. The van der Waals surface area contributed by atoms with Crippen LogP contribution in [-0.4, -0.2) is 22.1 Å². The number of carbonyl (C=O) groups is 1. The molecule has 0 spiro atoms. The van der Waals surface area contributed by atoms with Crippen molar-refractivity contribution in [3.05, 3.63) is 30.2 Å². The molecule has 2 saturated carbocycles. The number of aromatic amines is 1. The highest BCUT2D eigenvalue weighted by molar-refractivity contribution is 5.93. The van der Waals surface area contributed by atoms with Crippen molar-refractivity contribution < 1.29 is 9.21 Å². The van der Waals surface area contributed by atoms with Crippen LogP contribution in [0.15, 0.2) is 28.9 Å². The molecule has 1 atom stereocenters. The number of hydrogen-bond acceptors (Lipinski definition) is 3. The number of rotatable bonds is 5. The van der Waals surface area contributed by atoms with Gasteiger partial charge in [0.25, 0.3) is 5.91 Å². The first kappa shape index (κ1) is 14.5. The second kappa shape index (κ2) is 6.22. The third kappa shape index (κ3) is 2.92. The van der Waals surface area contributed by atoms with Gasteiger partial charge in [0.2, 0.25) is 0 Å². The highest BCUT2D eigenvalue weighted by atomic mass is 16.3. The Labute approximate surface area is 135 Å². The van der Waals surface area contributed by atoms with E-state index in [2.05, 4.69) is 15.5 Å². The van der Waals surface area contributed by atoms with Crippen LogP contribution in [0, 0.1) is 11.8 Å². The molecule has 0 aromatic carbocycles. The minimum Gasteiger partial charge on any atom is -0.463 e. The summed E-state index contributed by atoms with van der Waals surface area (Å²) >= 11 is 0. The number of furan rings is 1. The van der Waals surface area contributed by atoms with Crippen LogP contribution in [0.5, 0.6) is 0 Å². The zero-order valence-corrected chi connectivity index (χ0v) is 13.3. The molecule has 2 aromatic heterocycles. The average Bonchev–Trinajstić information content (AvgIpc) is 3.24. The fraction of sp³-hybridized carbons (Fsp3) is 0.556. The molecule has 0 aliphatic heterocycles. The lowest BCUT2D eigenvalue weighted by Gasteiger charge is -2.37. The number of hydrogen-bond donors (Lipinski definition) is 2. The van der Waals surface area contributed by atoms with Crippen LogP contribution in [0.1, 0.15) is 55.4 Å². The smallest absolute Gasteiger partial charge is 0.272 e. The van der Waals surface area contributed by atoms with Gasteiger partial charge >= 0.3 is 0 Å².